The molecule has 1 unspecified atom stereocenters. The number of hydrogen-bond acceptors (Lipinski definition) is 6. The molecule has 0 saturated heterocycles. The van der Waals surface area contributed by atoms with E-state index in [0.29, 0.717) is 19.3 Å². The van der Waals surface area contributed by atoms with Crippen molar-refractivity contribution in [2.24, 2.45) is 0 Å². The van der Waals surface area contributed by atoms with Gasteiger partial charge in [-0.3, -0.25) is 14.4 Å². The van der Waals surface area contributed by atoms with Gasteiger partial charge in [-0.05, 0) is 57.8 Å². The molecule has 0 fully saturated rings. The van der Waals surface area contributed by atoms with Gasteiger partial charge in [-0.25, -0.2) is 0 Å². The first-order chi connectivity index (χ1) is 34.5. The van der Waals surface area contributed by atoms with Gasteiger partial charge in [-0.1, -0.05) is 294 Å². The first kappa shape index (κ1) is 67.4. The van der Waals surface area contributed by atoms with Crippen molar-refractivity contribution in [2.75, 3.05) is 13.2 Å². The molecule has 0 radical (unpaired) electrons. The van der Waals surface area contributed by atoms with Crippen molar-refractivity contribution in [2.45, 2.75) is 329 Å². The summed E-state index contributed by atoms with van der Waals surface area (Å²) in [5.74, 6) is -0.863. The second-order valence-corrected chi connectivity index (χ2v) is 20.6. The lowest BCUT2D eigenvalue weighted by Gasteiger charge is -2.18. The smallest absolute Gasteiger partial charge is 0.306 e. The van der Waals surface area contributed by atoms with Crippen molar-refractivity contribution >= 4 is 17.9 Å². The predicted octanol–water partition coefficient (Wildman–Crippen LogP) is 20.6. The number of hydrogen-bond donors (Lipinski definition) is 0. The molecule has 1 atom stereocenters. The largest absolute Gasteiger partial charge is 0.462 e. The maximum absolute atomic E-state index is 12.8. The third kappa shape index (κ3) is 56.3. The Kier molecular flexibility index (Phi) is 56.7. The Labute approximate surface area is 435 Å². The van der Waals surface area contributed by atoms with Gasteiger partial charge in [0, 0.05) is 19.3 Å². The van der Waals surface area contributed by atoms with Crippen LogP contribution in [0.15, 0.2) is 48.6 Å². The molecule has 0 aromatic carbocycles. The number of carbonyl (C=O) groups excluding carboxylic acids is 3. The number of esters is 3. The molecule has 0 aliphatic heterocycles. The number of rotatable bonds is 56. The van der Waals surface area contributed by atoms with Crippen LogP contribution in [-0.4, -0.2) is 37.2 Å². The van der Waals surface area contributed by atoms with E-state index in [9.17, 15) is 14.4 Å². The zero-order chi connectivity index (χ0) is 50.7. The minimum Gasteiger partial charge on any atom is -0.462 e. The molecular formula is C64H116O6. The van der Waals surface area contributed by atoms with Crippen molar-refractivity contribution in [1.29, 1.82) is 0 Å². The molecule has 0 bridgehead atoms. The minimum absolute atomic E-state index is 0.0675. The summed E-state index contributed by atoms with van der Waals surface area (Å²) in [4.78, 5) is 37.8. The van der Waals surface area contributed by atoms with Gasteiger partial charge in [0.1, 0.15) is 13.2 Å². The fourth-order valence-electron chi connectivity index (χ4n) is 9.02. The summed E-state index contributed by atoms with van der Waals surface area (Å²) in [5.41, 5.74) is 0. The Hall–Kier alpha value is -2.63. The Morgan fingerprint density at radius 3 is 0.871 bits per heavy atom. The molecule has 0 spiro atoms. The first-order valence-corrected chi connectivity index (χ1v) is 30.6. The highest BCUT2D eigenvalue weighted by Gasteiger charge is 2.19. The van der Waals surface area contributed by atoms with E-state index >= 15 is 0 Å². The van der Waals surface area contributed by atoms with Crippen LogP contribution >= 0.6 is 0 Å². The fraction of sp³-hybridized carbons (Fsp3) is 0.828. The Morgan fingerprint density at radius 1 is 0.300 bits per heavy atom. The summed E-state index contributed by atoms with van der Waals surface area (Å²) in [6, 6.07) is 0. The molecule has 0 aromatic heterocycles. The molecule has 6 nitrogen and oxygen atoms in total. The zero-order valence-electron chi connectivity index (χ0n) is 46.8. The minimum atomic E-state index is -0.764. The van der Waals surface area contributed by atoms with Crippen LogP contribution in [-0.2, 0) is 28.6 Å². The fourth-order valence-corrected chi connectivity index (χ4v) is 9.02. The Morgan fingerprint density at radius 2 is 0.557 bits per heavy atom. The third-order valence-electron chi connectivity index (χ3n) is 13.6. The predicted molar refractivity (Wildman–Crippen MR) is 302 cm³/mol. The molecule has 0 amide bonds. The highest BCUT2D eigenvalue weighted by atomic mass is 16.6. The van der Waals surface area contributed by atoms with Crippen LogP contribution in [0.5, 0.6) is 0 Å². The third-order valence-corrected chi connectivity index (χ3v) is 13.6. The lowest BCUT2D eigenvalue weighted by Crippen LogP contribution is -2.30. The van der Waals surface area contributed by atoms with Gasteiger partial charge in [-0.2, -0.15) is 0 Å². The van der Waals surface area contributed by atoms with E-state index in [4.69, 9.17) is 14.2 Å². The molecule has 0 rings (SSSR count). The van der Waals surface area contributed by atoms with Gasteiger partial charge in [0.05, 0.1) is 0 Å². The number of carbonyl (C=O) groups is 3. The summed E-state index contributed by atoms with van der Waals surface area (Å²) in [5, 5.41) is 0. The maximum Gasteiger partial charge on any atom is 0.306 e. The van der Waals surface area contributed by atoms with Gasteiger partial charge in [0.25, 0.3) is 0 Å². The molecule has 0 saturated carbocycles. The zero-order valence-corrected chi connectivity index (χ0v) is 46.8. The lowest BCUT2D eigenvalue weighted by molar-refractivity contribution is -0.167. The van der Waals surface area contributed by atoms with Gasteiger partial charge < -0.3 is 14.2 Å². The molecular weight excluding hydrogens is 865 g/mol. The van der Waals surface area contributed by atoms with E-state index in [1.807, 2.05) is 0 Å². The van der Waals surface area contributed by atoms with E-state index in [2.05, 4.69) is 69.4 Å². The highest BCUT2D eigenvalue weighted by molar-refractivity contribution is 5.71. The summed E-state index contributed by atoms with van der Waals surface area (Å²) < 4.78 is 16.7. The van der Waals surface area contributed by atoms with Crippen LogP contribution in [0.2, 0.25) is 0 Å². The lowest BCUT2D eigenvalue weighted by atomic mass is 10.0. The normalized spacial score (nSPS) is 12.3. The molecule has 70 heavy (non-hydrogen) atoms. The second kappa shape index (κ2) is 58.9. The number of ether oxygens (including phenoxy) is 3. The summed E-state index contributed by atoms with van der Waals surface area (Å²) in [6.45, 7) is 6.49. The van der Waals surface area contributed by atoms with E-state index in [-0.39, 0.29) is 31.1 Å². The summed E-state index contributed by atoms with van der Waals surface area (Å²) >= 11 is 0. The van der Waals surface area contributed by atoms with Crippen molar-refractivity contribution in [3.8, 4) is 0 Å². The van der Waals surface area contributed by atoms with Crippen LogP contribution < -0.4 is 0 Å². The Balaban J connectivity index is 3.93. The van der Waals surface area contributed by atoms with Crippen molar-refractivity contribution in [3.05, 3.63) is 48.6 Å². The van der Waals surface area contributed by atoms with Crippen LogP contribution in [0.4, 0.5) is 0 Å². The molecule has 0 aliphatic rings. The van der Waals surface area contributed by atoms with E-state index < -0.39 is 6.10 Å². The molecule has 0 N–H and O–H groups in total. The quantitative estimate of drug-likeness (QED) is 0.0261. The first-order valence-electron chi connectivity index (χ1n) is 30.6. The van der Waals surface area contributed by atoms with Gasteiger partial charge >= 0.3 is 17.9 Å². The van der Waals surface area contributed by atoms with Crippen LogP contribution in [0, 0.1) is 0 Å². The monoisotopic (exact) mass is 981 g/mol. The van der Waals surface area contributed by atoms with Crippen molar-refractivity contribution < 1.29 is 28.6 Å². The van der Waals surface area contributed by atoms with E-state index in [0.717, 1.165) is 89.9 Å². The topological polar surface area (TPSA) is 78.9 Å². The molecule has 408 valence electrons. The molecule has 0 heterocycles. The van der Waals surface area contributed by atoms with Crippen LogP contribution in [0.25, 0.3) is 0 Å². The molecule has 0 aliphatic carbocycles. The summed E-state index contributed by atoms with van der Waals surface area (Å²) in [6.07, 6.45) is 73.1. The van der Waals surface area contributed by atoms with E-state index in [1.54, 1.807) is 0 Å². The SMILES string of the molecule is CC/C=C\C/C=C\C/C=C\C/C=C\CCCCCCCCCCCCCCCCCCCCC(=O)OCC(COC(=O)CCCCCCC)OC(=O)CCCCCCCCCCCCCCCCCC. The Bertz CT molecular complexity index is 1220. The number of unbranched alkanes of at least 4 members (excludes halogenated alkanes) is 37. The maximum atomic E-state index is 12.8. The van der Waals surface area contributed by atoms with Crippen LogP contribution in [0.3, 0.4) is 0 Å². The van der Waals surface area contributed by atoms with Crippen LogP contribution in [0.1, 0.15) is 323 Å². The van der Waals surface area contributed by atoms with Gasteiger partial charge in [0.15, 0.2) is 6.10 Å². The van der Waals surface area contributed by atoms with E-state index in [1.165, 1.54) is 193 Å². The second-order valence-electron chi connectivity index (χ2n) is 20.6. The standard InChI is InChI=1S/C64H116O6/c1-4-7-10-13-15-17-19-21-23-25-26-27-28-29-30-31-32-33-34-35-36-37-38-39-41-42-44-46-48-51-54-57-63(66)69-60-61(59-68-62(65)56-53-50-12-9-6-3)70-64(67)58-55-52-49-47-45-43-40-24-22-20-18-16-14-11-8-5-2/h7,10,15,17,21,23,26-27,61H,4-6,8-9,11-14,16,18-20,22,24-25,28-60H2,1-3H3/b10-7-,17-15-,23-21-,27-26-. The average molecular weight is 982 g/mol. The van der Waals surface area contributed by atoms with Crippen molar-refractivity contribution in [3.63, 3.8) is 0 Å². The van der Waals surface area contributed by atoms with Gasteiger partial charge in [-0.15, -0.1) is 0 Å². The highest BCUT2D eigenvalue weighted by Crippen LogP contribution is 2.17. The molecule has 0 aromatic rings. The van der Waals surface area contributed by atoms with Crippen molar-refractivity contribution in [1.82, 2.24) is 0 Å². The molecule has 6 heteroatoms. The summed E-state index contributed by atoms with van der Waals surface area (Å²) in [7, 11) is 0. The average Bonchev–Trinajstić information content (AvgIpc) is 3.36. The van der Waals surface area contributed by atoms with Gasteiger partial charge in [0.2, 0.25) is 0 Å². The number of allylic oxidation sites excluding steroid dienone is 8.